The summed E-state index contributed by atoms with van der Waals surface area (Å²) in [6, 6.07) is 6.84. The van der Waals surface area contributed by atoms with Gasteiger partial charge in [0, 0.05) is 20.8 Å². The predicted octanol–water partition coefficient (Wildman–Crippen LogP) is 5.22. The number of aryl methyl sites for hydroxylation is 1. The van der Waals surface area contributed by atoms with Crippen molar-refractivity contribution in [2.75, 3.05) is 5.32 Å². The lowest BCUT2D eigenvalue weighted by Gasteiger charge is -2.09. The van der Waals surface area contributed by atoms with E-state index in [9.17, 15) is 4.39 Å². The van der Waals surface area contributed by atoms with Crippen LogP contribution in [0.4, 0.5) is 10.1 Å². The zero-order valence-electron chi connectivity index (χ0n) is 9.06. The zero-order valence-corrected chi connectivity index (χ0v) is 12.2. The molecule has 1 nitrogen and oxygen atoms in total. The molecule has 0 atom stereocenters. The van der Waals surface area contributed by atoms with Crippen LogP contribution < -0.4 is 5.32 Å². The lowest BCUT2D eigenvalue weighted by atomic mass is 10.3. The summed E-state index contributed by atoms with van der Waals surface area (Å²) >= 11 is 11.0. The Labute approximate surface area is 117 Å². The Morgan fingerprint density at radius 3 is 2.76 bits per heavy atom. The molecule has 1 N–H and O–H groups in total. The van der Waals surface area contributed by atoms with Gasteiger partial charge >= 0.3 is 0 Å². The summed E-state index contributed by atoms with van der Waals surface area (Å²) < 4.78 is 13.7. The molecule has 1 aromatic heterocycles. The van der Waals surface area contributed by atoms with E-state index < -0.39 is 0 Å². The number of anilines is 1. The van der Waals surface area contributed by atoms with Crippen LogP contribution in [0, 0.1) is 12.7 Å². The molecule has 0 unspecified atom stereocenters. The number of hydrogen-bond donors (Lipinski definition) is 1. The summed E-state index contributed by atoms with van der Waals surface area (Å²) in [6.45, 7) is 2.75. The van der Waals surface area contributed by atoms with Gasteiger partial charge in [0.25, 0.3) is 0 Å². The van der Waals surface area contributed by atoms with Crippen LogP contribution in [0.1, 0.15) is 9.75 Å². The monoisotopic (exact) mass is 333 g/mol. The average Bonchev–Trinajstić information content (AvgIpc) is 2.62. The normalized spacial score (nSPS) is 10.6. The van der Waals surface area contributed by atoms with Crippen LogP contribution in [0.3, 0.4) is 0 Å². The number of nitrogens with one attached hydrogen (secondary N) is 1. The molecule has 0 saturated carbocycles. The topological polar surface area (TPSA) is 12.0 Å². The second kappa shape index (κ2) is 5.38. The maximum Gasteiger partial charge on any atom is 0.125 e. The van der Waals surface area contributed by atoms with Crippen molar-refractivity contribution in [3.8, 4) is 0 Å². The highest BCUT2D eigenvalue weighted by molar-refractivity contribution is 9.10. The van der Waals surface area contributed by atoms with Gasteiger partial charge in [0.15, 0.2) is 0 Å². The fourth-order valence-corrected chi connectivity index (χ4v) is 3.26. The molecule has 1 heterocycles. The Morgan fingerprint density at radius 1 is 1.41 bits per heavy atom. The van der Waals surface area contributed by atoms with Gasteiger partial charge in [-0.15, -0.1) is 11.3 Å². The van der Waals surface area contributed by atoms with E-state index in [4.69, 9.17) is 11.6 Å². The Bertz CT molecular complexity index is 518. The summed E-state index contributed by atoms with van der Waals surface area (Å²) in [7, 11) is 0. The van der Waals surface area contributed by atoms with Gasteiger partial charge < -0.3 is 5.32 Å². The molecule has 0 spiro atoms. The second-order valence-corrected chi connectivity index (χ2v) is 6.24. The molecular weight excluding hydrogens is 325 g/mol. The highest BCUT2D eigenvalue weighted by Gasteiger charge is 2.08. The van der Waals surface area contributed by atoms with Crippen LogP contribution in [0.15, 0.2) is 28.7 Å². The molecule has 0 amide bonds. The second-order valence-electron chi connectivity index (χ2n) is 3.61. The molecule has 0 saturated heterocycles. The van der Waals surface area contributed by atoms with E-state index in [1.165, 1.54) is 21.9 Å². The van der Waals surface area contributed by atoms with Crippen LogP contribution in [0.5, 0.6) is 0 Å². The third kappa shape index (κ3) is 3.21. The lowest BCUT2D eigenvalue weighted by Crippen LogP contribution is -1.99. The van der Waals surface area contributed by atoms with E-state index in [1.54, 1.807) is 11.3 Å². The molecular formula is C12H10BrClFNS. The third-order valence-corrected chi connectivity index (χ3v) is 4.17. The van der Waals surface area contributed by atoms with E-state index in [0.29, 0.717) is 16.0 Å². The van der Waals surface area contributed by atoms with Gasteiger partial charge in [-0.2, -0.15) is 0 Å². The van der Waals surface area contributed by atoms with E-state index in [-0.39, 0.29) is 5.82 Å². The molecule has 2 aromatic rings. The van der Waals surface area contributed by atoms with Crippen molar-refractivity contribution in [3.63, 3.8) is 0 Å². The molecule has 0 aliphatic rings. The van der Waals surface area contributed by atoms with Gasteiger partial charge in [-0.05, 0) is 47.1 Å². The molecule has 0 fully saturated rings. The number of thiophene rings is 1. The zero-order chi connectivity index (χ0) is 12.4. The van der Waals surface area contributed by atoms with Crippen LogP contribution in [-0.4, -0.2) is 0 Å². The summed E-state index contributed by atoms with van der Waals surface area (Å²) in [6.07, 6.45) is 0. The minimum atomic E-state index is -0.348. The number of halogens is 3. The molecule has 0 aliphatic heterocycles. The fourth-order valence-electron chi connectivity index (χ4n) is 1.47. The van der Waals surface area contributed by atoms with Gasteiger partial charge in [-0.25, -0.2) is 4.39 Å². The molecule has 2 rings (SSSR count). The van der Waals surface area contributed by atoms with Crippen molar-refractivity contribution in [3.05, 3.63) is 49.3 Å². The van der Waals surface area contributed by atoms with Crippen LogP contribution >= 0.6 is 38.9 Å². The van der Waals surface area contributed by atoms with Crippen LogP contribution in [0.2, 0.25) is 5.02 Å². The van der Waals surface area contributed by atoms with E-state index in [1.807, 2.05) is 0 Å². The van der Waals surface area contributed by atoms with Crippen molar-refractivity contribution in [2.45, 2.75) is 13.5 Å². The van der Waals surface area contributed by atoms with Crippen LogP contribution in [-0.2, 0) is 6.54 Å². The van der Waals surface area contributed by atoms with E-state index in [0.717, 1.165) is 5.69 Å². The number of hydrogen-bond acceptors (Lipinski definition) is 2. The lowest BCUT2D eigenvalue weighted by molar-refractivity contribution is 0.627. The van der Waals surface area contributed by atoms with Gasteiger partial charge in [0.05, 0.1) is 10.7 Å². The maximum atomic E-state index is 13.0. The first-order valence-electron chi connectivity index (χ1n) is 5.00. The molecule has 0 bridgehead atoms. The van der Waals surface area contributed by atoms with Crippen LogP contribution in [0.25, 0.3) is 0 Å². The first kappa shape index (κ1) is 12.9. The molecule has 0 aliphatic carbocycles. The molecule has 5 heteroatoms. The Morgan fingerprint density at radius 2 is 2.18 bits per heavy atom. The van der Waals surface area contributed by atoms with Crippen molar-refractivity contribution in [1.82, 2.24) is 0 Å². The highest BCUT2D eigenvalue weighted by Crippen LogP contribution is 2.32. The molecule has 1 aromatic carbocycles. The fraction of sp³-hybridized carbons (Fsp3) is 0.167. The predicted molar refractivity (Wildman–Crippen MR) is 75.5 cm³/mol. The quantitative estimate of drug-likeness (QED) is 0.811. The van der Waals surface area contributed by atoms with Gasteiger partial charge in [-0.1, -0.05) is 11.6 Å². The van der Waals surface area contributed by atoms with Crippen molar-refractivity contribution >= 4 is 44.6 Å². The summed E-state index contributed by atoms with van der Waals surface area (Å²) in [5.41, 5.74) is 0.721. The Hall–Kier alpha value is -0.580. The minimum absolute atomic E-state index is 0.348. The summed E-state index contributed by atoms with van der Waals surface area (Å²) in [5, 5.41) is 3.58. The summed E-state index contributed by atoms with van der Waals surface area (Å²) in [5.74, 6) is -0.348. The number of benzene rings is 1. The average molecular weight is 335 g/mol. The SMILES string of the molecule is Cc1ccc(CNc2c(Cl)cc(F)cc2Br)s1. The smallest absolute Gasteiger partial charge is 0.125 e. The third-order valence-electron chi connectivity index (χ3n) is 2.24. The van der Waals surface area contributed by atoms with E-state index >= 15 is 0 Å². The molecule has 90 valence electrons. The van der Waals surface area contributed by atoms with E-state index in [2.05, 4.69) is 40.3 Å². The number of rotatable bonds is 3. The molecule has 17 heavy (non-hydrogen) atoms. The standard InChI is InChI=1S/C12H10BrClFNS/c1-7-2-3-9(17-7)6-16-12-10(13)4-8(15)5-11(12)14/h2-5,16H,6H2,1H3. The minimum Gasteiger partial charge on any atom is -0.378 e. The summed E-state index contributed by atoms with van der Waals surface area (Å²) in [4.78, 5) is 2.49. The first-order chi connectivity index (χ1) is 8.06. The van der Waals surface area contributed by atoms with Gasteiger partial charge in [0.1, 0.15) is 5.82 Å². The van der Waals surface area contributed by atoms with Gasteiger partial charge in [0.2, 0.25) is 0 Å². The Balaban J connectivity index is 2.14. The van der Waals surface area contributed by atoms with Crippen molar-refractivity contribution < 1.29 is 4.39 Å². The molecule has 0 radical (unpaired) electrons. The maximum absolute atomic E-state index is 13.0. The van der Waals surface area contributed by atoms with Crippen molar-refractivity contribution in [1.29, 1.82) is 0 Å². The largest absolute Gasteiger partial charge is 0.378 e. The first-order valence-corrected chi connectivity index (χ1v) is 6.99. The van der Waals surface area contributed by atoms with Gasteiger partial charge in [-0.3, -0.25) is 0 Å². The Kier molecular flexibility index (Phi) is 4.07. The van der Waals surface area contributed by atoms with Crippen molar-refractivity contribution in [2.24, 2.45) is 0 Å². The highest BCUT2D eigenvalue weighted by atomic mass is 79.9.